The summed E-state index contributed by atoms with van der Waals surface area (Å²) in [6, 6.07) is -1.42. The van der Waals surface area contributed by atoms with Gasteiger partial charge in [0, 0.05) is 6.42 Å². The van der Waals surface area contributed by atoms with Crippen LogP contribution in [-0.2, 0) is 17.8 Å². The van der Waals surface area contributed by atoms with Crippen molar-refractivity contribution in [1.82, 2.24) is 15.6 Å². The number of hydrogen-bond donors (Lipinski definition) is 3. The number of carbonyl (C=O) groups is 2. The first-order valence-electron chi connectivity index (χ1n) is 6.27. The van der Waals surface area contributed by atoms with E-state index in [-0.39, 0.29) is 6.54 Å². The van der Waals surface area contributed by atoms with Crippen molar-refractivity contribution in [3.8, 4) is 0 Å². The van der Waals surface area contributed by atoms with E-state index in [1.807, 2.05) is 13.8 Å². The van der Waals surface area contributed by atoms with Gasteiger partial charge in [-0.2, -0.15) is 0 Å². The molecule has 0 spiro atoms. The molecule has 1 aromatic heterocycles. The van der Waals surface area contributed by atoms with Gasteiger partial charge in [-0.15, -0.1) is 0 Å². The molecule has 0 aliphatic carbocycles. The Bertz CT molecular complexity index is 430. The van der Waals surface area contributed by atoms with E-state index in [2.05, 4.69) is 15.6 Å². The highest BCUT2D eigenvalue weighted by Crippen LogP contribution is 2.03. The Morgan fingerprint density at radius 2 is 2.21 bits per heavy atom. The molecule has 0 saturated carbocycles. The molecule has 1 unspecified atom stereocenters. The van der Waals surface area contributed by atoms with Gasteiger partial charge in [-0.3, -0.25) is 0 Å². The molecule has 0 aromatic carbocycles. The number of carboxylic acids is 1. The number of nitrogens with one attached hydrogen (secondary N) is 2. The van der Waals surface area contributed by atoms with Crippen LogP contribution < -0.4 is 10.6 Å². The second-order valence-electron chi connectivity index (χ2n) is 4.08. The van der Waals surface area contributed by atoms with E-state index < -0.39 is 18.0 Å². The number of oxazole rings is 1. The fourth-order valence-electron chi connectivity index (χ4n) is 1.50. The molecule has 0 bridgehead atoms. The molecule has 1 rings (SSSR count). The van der Waals surface area contributed by atoms with Crippen LogP contribution in [0.4, 0.5) is 4.79 Å². The summed E-state index contributed by atoms with van der Waals surface area (Å²) in [5.74, 6) is 0.0994. The summed E-state index contributed by atoms with van der Waals surface area (Å²) >= 11 is 0. The average Bonchev–Trinajstić information content (AvgIpc) is 2.83. The van der Waals surface area contributed by atoms with Gasteiger partial charge in [0.05, 0.1) is 12.7 Å². The largest absolute Gasteiger partial charge is 0.480 e. The van der Waals surface area contributed by atoms with Gasteiger partial charge in [-0.1, -0.05) is 20.3 Å². The van der Waals surface area contributed by atoms with E-state index >= 15 is 0 Å². The third-order valence-corrected chi connectivity index (χ3v) is 2.53. The summed E-state index contributed by atoms with van der Waals surface area (Å²) in [6.07, 6.45) is 3.40. The Balaban J connectivity index is 2.40. The molecule has 19 heavy (non-hydrogen) atoms. The van der Waals surface area contributed by atoms with Gasteiger partial charge in [0.15, 0.2) is 0 Å². The van der Waals surface area contributed by atoms with Gasteiger partial charge in [-0.25, -0.2) is 14.6 Å². The third-order valence-electron chi connectivity index (χ3n) is 2.53. The molecule has 106 valence electrons. The summed E-state index contributed by atoms with van der Waals surface area (Å²) in [4.78, 5) is 26.4. The zero-order valence-electron chi connectivity index (χ0n) is 11.1. The van der Waals surface area contributed by atoms with Gasteiger partial charge in [-0.05, 0) is 6.42 Å². The van der Waals surface area contributed by atoms with Crippen LogP contribution in [0.1, 0.15) is 38.3 Å². The number of aryl methyl sites for hydroxylation is 1. The smallest absolute Gasteiger partial charge is 0.326 e. The first kappa shape index (κ1) is 15.0. The Hall–Kier alpha value is -2.05. The molecule has 2 amide bonds. The first-order valence-corrected chi connectivity index (χ1v) is 6.27. The van der Waals surface area contributed by atoms with Crippen molar-refractivity contribution in [2.75, 3.05) is 0 Å². The lowest BCUT2D eigenvalue weighted by atomic mass is 10.2. The van der Waals surface area contributed by atoms with Crippen LogP contribution >= 0.6 is 0 Å². The number of urea groups is 1. The van der Waals surface area contributed by atoms with Crippen molar-refractivity contribution < 1.29 is 19.1 Å². The van der Waals surface area contributed by atoms with Gasteiger partial charge < -0.3 is 20.2 Å². The number of aliphatic carboxylic acids is 1. The Kier molecular flexibility index (Phi) is 5.84. The van der Waals surface area contributed by atoms with E-state index in [0.717, 1.165) is 12.2 Å². The van der Waals surface area contributed by atoms with Gasteiger partial charge in [0.2, 0.25) is 5.89 Å². The van der Waals surface area contributed by atoms with E-state index in [9.17, 15) is 9.59 Å². The van der Waals surface area contributed by atoms with Gasteiger partial charge in [0.1, 0.15) is 11.8 Å². The predicted molar refractivity (Wildman–Crippen MR) is 67.6 cm³/mol. The van der Waals surface area contributed by atoms with Crippen LogP contribution in [0.25, 0.3) is 0 Å². The number of aromatic nitrogens is 1. The normalized spacial score (nSPS) is 11.9. The molecule has 7 heteroatoms. The predicted octanol–water partition coefficient (Wildman–Crippen LogP) is 1.29. The van der Waals surface area contributed by atoms with Crippen molar-refractivity contribution in [2.24, 2.45) is 0 Å². The van der Waals surface area contributed by atoms with Crippen molar-refractivity contribution in [2.45, 2.75) is 45.7 Å². The van der Waals surface area contributed by atoms with Crippen LogP contribution in [0.2, 0.25) is 0 Å². The number of amides is 2. The summed E-state index contributed by atoms with van der Waals surface area (Å²) < 4.78 is 5.31. The standard InChI is InChI=1S/C12H19N3O4/c1-3-5-9(11(16)17)15-12(18)14-7-10-13-6-8(4-2)19-10/h6,9H,3-5,7H2,1-2H3,(H,16,17)(H2,14,15,18). The van der Waals surface area contributed by atoms with Crippen LogP contribution in [0.15, 0.2) is 10.6 Å². The molecule has 1 heterocycles. The average molecular weight is 269 g/mol. The van der Waals surface area contributed by atoms with E-state index in [1.165, 1.54) is 0 Å². The zero-order valence-corrected chi connectivity index (χ0v) is 11.1. The fraction of sp³-hybridized carbons (Fsp3) is 0.583. The monoisotopic (exact) mass is 269 g/mol. The minimum atomic E-state index is -1.04. The molecule has 1 aromatic rings. The maximum Gasteiger partial charge on any atom is 0.326 e. The SMILES string of the molecule is CCCC(NC(=O)NCc1ncc(CC)o1)C(=O)O. The van der Waals surface area contributed by atoms with E-state index in [4.69, 9.17) is 9.52 Å². The molecule has 0 aliphatic heterocycles. The summed E-state index contributed by atoms with van der Waals surface area (Å²) in [6.45, 7) is 3.92. The topological polar surface area (TPSA) is 104 Å². The van der Waals surface area contributed by atoms with E-state index in [1.54, 1.807) is 6.20 Å². The highest BCUT2D eigenvalue weighted by Gasteiger charge is 2.18. The number of carbonyl (C=O) groups excluding carboxylic acids is 1. The van der Waals surface area contributed by atoms with Crippen molar-refractivity contribution >= 4 is 12.0 Å². The zero-order chi connectivity index (χ0) is 14.3. The van der Waals surface area contributed by atoms with E-state index in [0.29, 0.717) is 18.7 Å². The van der Waals surface area contributed by atoms with Crippen LogP contribution in [-0.4, -0.2) is 28.1 Å². The van der Waals surface area contributed by atoms with Gasteiger partial charge >= 0.3 is 12.0 Å². The number of hydrogen-bond acceptors (Lipinski definition) is 4. The molecule has 1 atom stereocenters. The Labute approximate surface area is 111 Å². The lowest BCUT2D eigenvalue weighted by molar-refractivity contribution is -0.139. The van der Waals surface area contributed by atoms with Crippen LogP contribution in [0.5, 0.6) is 0 Å². The molecule has 0 saturated heterocycles. The minimum absolute atomic E-state index is 0.129. The lowest BCUT2D eigenvalue weighted by Crippen LogP contribution is -2.45. The summed E-state index contributed by atoms with van der Waals surface area (Å²) in [5.41, 5.74) is 0. The highest BCUT2D eigenvalue weighted by molar-refractivity contribution is 5.82. The number of rotatable bonds is 7. The third kappa shape index (κ3) is 4.99. The Morgan fingerprint density at radius 3 is 2.74 bits per heavy atom. The fourth-order valence-corrected chi connectivity index (χ4v) is 1.50. The lowest BCUT2D eigenvalue weighted by Gasteiger charge is -2.13. The molecule has 0 aliphatic rings. The first-order chi connectivity index (χ1) is 9.06. The van der Waals surface area contributed by atoms with Gasteiger partial charge in [0.25, 0.3) is 0 Å². The number of nitrogens with zero attached hydrogens (tertiary/aromatic N) is 1. The van der Waals surface area contributed by atoms with Crippen LogP contribution in [0, 0.1) is 0 Å². The molecular weight excluding hydrogens is 250 g/mol. The second kappa shape index (κ2) is 7.40. The Morgan fingerprint density at radius 1 is 1.47 bits per heavy atom. The number of carboxylic acid groups (broad SMARTS) is 1. The van der Waals surface area contributed by atoms with Crippen molar-refractivity contribution in [3.63, 3.8) is 0 Å². The maximum atomic E-state index is 11.5. The van der Waals surface area contributed by atoms with Crippen molar-refractivity contribution in [1.29, 1.82) is 0 Å². The highest BCUT2D eigenvalue weighted by atomic mass is 16.4. The maximum absolute atomic E-state index is 11.5. The van der Waals surface area contributed by atoms with Crippen LogP contribution in [0.3, 0.4) is 0 Å². The quantitative estimate of drug-likeness (QED) is 0.691. The minimum Gasteiger partial charge on any atom is -0.480 e. The molecule has 0 radical (unpaired) electrons. The summed E-state index contributed by atoms with van der Waals surface area (Å²) in [7, 11) is 0. The summed E-state index contributed by atoms with van der Waals surface area (Å²) in [5, 5.41) is 13.8. The molecular formula is C12H19N3O4. The molecule has 0 fully saturated rings. The molecule has 3 N–H and O–H groups in total. The van der Waals surface area contributed by atoms with Crippen molar-refractivity contribution in [3.05, 3.63) is 17.8 Å². The second-order valence-corrected chi connectivity index (χ2v) is 4.08. The molecule has 7 nitrogen and oxygen atoms in total.